The number of primary amides is 1. The van der Waals surface area contributed by atoms with Crippen LogP contribution in [0.4, 0.5) is 0 Å². The lowest BCUT2D eigenvalue weighted by Crippen LogP contribution is -2.68. The number of carbonyl (C=O) groups is 6. The molecule has 3 aliphatic carbocycles. The van der Waals surface area contributed by atoms with Gasteiger partial charge in [0, 0.05) is 17.9 Å². The molecule has 2 unspecified atom stereocenters. The maximum Gasteiger partial charge on any atom is 0.274 e. The summed E-state index contributed by atoms with van der Waals surface area (Å²) in [6, 6.07) is 9.42. The third kappa shape index (κ3) is 3.57. The van der Waals surface area contributed by atoms with Crippen LogP contribution in [0.15, 0.2) is 36.4 Å². The largest absolute Gasteiger partial charge is 0.507 e. The molecule has 0 saturated heterocycles. The molecule has 0 spiro atoms. The molecule has 38 heavy (non-hydrogen) atoms. The zero-order chi connectivity index (χ0) is 27.5. The number of nitrogens with two attached hydrogens (primary N) is 1. The van der Waals surface area contributed by atoms with E-state index < -0.39 is 70.6 Å². The van der Waals surface area contributed by atoms with E-state index in [-0.39, 0.29) is 29.7 Å². The number of hydroxylamine groups is 1. The smallest absolute Gasteiger partial charge is 0.274 e. The Morgan fingerprint density at radius 2 is 1.82 bits per heavy atom. The van der Waals surface area contributed by atoms with Gasteiger partial charge < -0.3 is 15.9 Å². The van der Waals surface area contributed by atoms with Crippen LogP contribution >= 0.6 is 0 Å². The van der Waals surface area contributed by atoms with Crippen LogP contribution in [0.3, 0.4) is 0 Å². The number of phenols is 1. The van der Waals surface area contributed by atoms with Gasteiger partial charge in [-0.1, -0.05) is 18.2 Å². The third-order valence-electron chi connectivity index (χ3n) is 7.92. The van der Waals surface area contributed by atoms with E-state index in [1.165, 1.54) is 13.2 Å². The summed E-state index contributed by atoms with van der Waals surface area (Å²) in [6.45, 7) is 0. The van der Waals surface area contributed by atoms with Gasteiger partial charge in [0.05, 0.1) is 18.6 Å². The molecule has 5 rings (SSSR count). The van der Waals surface area contributed by atoms with Crippen LogP contribution < -0.4 is 11.2 Å². The summed E-state index contributed by atoms with van der Waals surface area (Å²) < 4.78 is 0. The van der Waals surface area contributed by atoms with Crippen LogP contribution in [0.25, 0.3) is 11.1 Å². The summed E-state index contributed by atoms with van der Waals surface area (Å²) in [6.07, 6.45) is -0.286. The molecule has 2 saturated carbocycles. The number of fused-ring (bicyclic) bond motifs is 3. The molecule has 0 heterocycles. The maximum atomic E-state index is 13.7. The Hall–Kier alpha value is -4.22. The maximum absolute atomic E-state index is 13.7. The number of aromatic hydroxyl groups is 1. The Kier molecular flexibility index (Phi) is 6.00. The van der Waals surface area contributed by atoms with E-state index in [0.717, 1.165) is 0 Å². The predicted octanol–water partition coefficient (Wildman–Crippen LogP) is 0.285. The number of rotatable bonds is 4. The summed E-state index contributed by atoms with van der Waals surface area (Å²) in [4.78, 5) is 81.5. The van der Waals surface area contributed by atoms with Gasteiger partial charge >= 0.3 is 0 Å². The fraction of sp³-hybridized carbons (Fsp3) is 0.333. The SMILES string of the molecule is CONC(=O)c1cccc(-c2ccc(O)c3c2C[C@H]2C[C@H]4CC(=O)C(C(N)=O)C(=O)[C@@]4(O)C(=O)C2C3=O)c1. The highest BCUT2D eigenvalue weighted by molar-refractivity contribution is 6.31. The average Bonchev–Trinajstić information content (AvgIpc) is 2.86. The minimum Gasteiger partial charge on any atom is -0.507 e. The number of ketones is 4. The minimum atomic E-state index is -2.70. The number of aliphatic hydroxyl groups is 1. The summed E-state index contributed by atoms with van der Waals surface area (Å²) in [7, 11) is 1.30. The summed E-state index contributed by atoms with van der Waals surface area (Å²) in [5.41, 5.74) is 6.47. The molecule has 196 valence electrons. The van der Waals surface area contributed by atoms with E-state index in [0.29, 0.717) is 16.7 Å². The number of hydrogen-bond donors (Lipinski definition) is 4. The quantitative estimate of drug-likeness (QED) is 0.324. The molecule has 11 heteroatoms. The lowest BCUT2D eigenvalue weighted by Gasteiger charge is -2.48. The van der Waals surface area contributed by atoms with Crippen molar-refractivity contribution in [3.05, 3.63) is 53.1 Å². The van der Waals surface area contributed by atoms with Crippen LogP contribution in [0, 0.1) is 23.7 Å². The Morgan fingerprint density at radius 1 is 1.08 bits per heavy atom. The third-order valence-corrected chi connectivity index (χ3v) is 7.92. The number of hydrogen-bond acceptors (Lipinski definition) is 9. The van der Waals surface area contributed by atoms with Crippen molar-refractivity contribution < 1.29 is 43.8 Å². The predicted molar refractivity (Wildman–Crippen MR) is 128 cm³/mol. The molecule has 0 bridgehead atoms. The van der Waals surface area contributed by atoms with Gasteiger partial charge in [-0.3, -0.25) is 33.6 Å². The highest BCUT2D eigenvalue weighted by atomic mass is 16.6. The molecule has 3 aliphatic rings. The fourth-order valence-corrected chi connectivity index (χ4v) is 6.22. The van der Waals surface area contributed by atoms with Gasteiger partial charge in [0.1, 0.15) is 5.75 Å². The lowest BCUT2D eigenvalue weighted by molar-refractivity contribution is -0.175. The second-order valence-corrected chi connectivity index (χ2v) is 9.94. The van der Waals surface area contributed by atoms with Crippen molar-refractivity contribution in [2.45, 2.75) is 24.9 Å². The molecule has 2 fully saturated rings. The molecule has 2 aromatic rings. The van der Waals surface area contributed by atoms with E-state index in [4.69, 9.17) is 5.73 Å². The van der Waals surface area contributed by atoms with Gasteiger partial charge in [0.2, 0.25) is 5.91 Å². The lowest BCUT2D eigenvalue weighted by atomic mass is 9.53. The van der Waals surface area contributed by atoms with Gasteiger partial charge in [-0.2, -0.15) is 0 Å². The first-order valence-electron chi connectivity index (χ1n) is 12.0. The van der Waals surface area contributed by atoms with Gasteiger partial charge in [0.15, 0.2) is 34.7 Å². The van der Waals surface area contributed by atoms with Crippen LogP contribution in [-0.2, 0) is 30.4 Å². The number of amides is 2. The normalized spacial score (nSPS) is 28.3. The Morgan fingerprint density at radius 3 is 2.50 bits per heavy atom. The van der Waals surface area contributed by atoms with Crippen molar-refractivity contribution in [3.8, 4) is 16.9 Å². The zero-order valence-electron chi connectivity index (χ0n) is 20.2. The topological polar surface area (TPSA) is 190 Å². The highest BCUT2D eigenvalue weighted by Crippen LogP contribution is 2.51. The Labute approximate surface area is 215 Å². The van der Waals surface area contributed by atoms with E-state index in [2.05, 4.69) is 10.3 Å². The minimum absolute atomic E-state index is 0.00751. The van der Waals surface area contributed by atoms with Gasteiger partial charge in [-0.05, 0) is 53.6 Å². The monoisotopic (exact) mass is 520 g/mol. The fourth-order valence-electron chi connectivity index (χ4n) is 6.22. The van der Waals surface area contributed by atoms with Crippen molar-refractivity contribution in [3.63, 3.8) is 0 Å². The Bertz CT molecular complexity index is 1450. The zero-order valence-corrected chi connectivity index (χ0v) is 20.2. The average molecular weight is 520 g/mol. The van der Waals surface area contributed by atoms with Gasteiger partial charge in [-0.15, -0.1) is 0 Å². The Balaban J connectivity index is 1.59. The highest BCUT2D eigenvalue weighted by Gasteiger charge is 2.66. The first kappa shape index (κ1) is 25.4. The summed E-state index contributed by atoms with van der Waals surface area (Å²) in [5.74, 6) is -11.2. The molecular weight excluding hydrogens is 496 g/mol. The molecule has 5 atom stereocenters. The first-order valence-corrected chi connectivity index (χ1v) is 12.0. The molecule has 11 nitrogen and oxygen atoms in total. The van der Waals surface area contributed by atoms with Gasteiger partial charge in [0.25, 0.3) is 5.91 Å². The van der Waals surface area contributed by atoms with Crippen molar-refractivity contribution in [1.29, 1.82) is 0 Å². The second kappa shape index (κ2) is 8.96. The van der Waals surface area contributed by atoms with Crippen molar-refractivity contribution >= 4 is 34.9 Å². The van der Waals surface area contributed by atoms with Crippen LogP contribution in [0.5, 0.6) is 5.75 Å². The molecule has 5 N–H and O–H groups in total. The number of Topliss-reactive ketones (excluding diaryl/α,β-unsaturated/α-hetero) is 4. The number of benzene rings is 2. The van der Waals surface area contributed by atoms with Crippen LogP contribution in [0.1, 0.15) is 39.1 Å². The molecule has 0 aliphatic heterocycles. The van der Waals surface area contributed by atoms with Crippen molar-refractivity contribution in [1.82, 2.24) is 5.48 Å². The second-order valence-electron chi connectivity index (χ2n) is 9.94. The number of nitrogens with one attached hydrogen (secondary N) is 1. The van der Waals surface area contributed by atoms with Crippen LogP contribution in [0.2, 0.25) is 0 Å². The molecular formula is C27H24N2O9. The van der Waals surface area contributed by atoms with Crippen molar-refractivity contribution in [2.75, 3.05) is 7.11 Å². The van der Waals surface area contributed by atoms with Gasteiger partial charge in [-0.25, -0.2) is 5.48 Å². The van der Waals surface area contributed by atoms with Crippen LogP contribution in [-0.4, -0.2) is 57.9 Å². The number of carbonyl (C=O) groups excluding carboxylic acids is 6. The van der Waals surface area contributed by atoms with E-state index >= 15 is 0 Å². The first-order chi connectivity index (χ1) is 18.0. The molecule has 0 aromatic heterocycles. The van der Waals surface area contributed by atoms with Crippen molar-refractivity contribution in [2.24, 2.45) is 29.4 Å². The molecule has 2 aromatic carbocycles. The van der Waals surface area contributed by atoms with E-state index in [1.807, 2.05) is 0 Å². The summed E-state index contributed by atoms with van der Waals surface area (Å²) >= 11 is 0. The van der Waals surface area contributed by atoms with E-state index in [9.17, 15) is 39.0 Å². The standard InChI is InChI=1S/C27H24N2O9/c1-38-29-26(36)12-4-2-3-11(7-12)15-5-6-17(30)20-16(15)9-13-8-14-10-18(31)21(25(28)35)24(34)27(14,37)23(33)19(13)22(20)32/h2-7,13-14,19,21,30,37H,8-10H2,1H3,(H2,28,35)(H,29,36)/t13-,14+,19?,21?,27+/m1/s1. The molecule has 2 amide bonds. The molecule has 0 radical (unpaired) electrons. The number of phenolic OH excluding ortho intramolecular Hbond substituents is 1. The summed E-state index contributed by atoms with van der Waals surface area (Å²) in [5, 5.41) is 21.9. The van der Waals surface area contributed by atoms with E-state index in [1.54, 1.807) is 30.3 Å².